The Hall–Kier alpha value is -1.08. The van der Waals surface area contributed by atoms with Crippen LogP contribution >= 0.6 is 23.1 Å². The zero-order chi connectivity index (χ0) is 12.0. The summed E-state index contributed by atoms with van der Waals surface area (Å²) >= 11 is 2.84. The first-order valence-electron chi connectivity index (χ1n) is 5.37. The molecule has 0 radical (unpaired) electrons. The molecule has 17 heavy (non-hydrogen) atoms. The maximum absolute atomic E-state index is 12.3. The molecule has 1 aromatic rings. The fourth-order valence-corrected chi connectivity index (χ4v) is 3.71. The second kappa shape index (κ2) is 3.99. The molecule has 0 aliphatic carbocycles. The summed E-state index contributed by atoms with van der Waals surface area (Å²) in [6.45, 7) is 0.670. The van der Waals surface area contributed by atoms with Gasteiger partial charge in [-0.1, -0.05) is 11.8 Å². The molecule has 5 nitrogen and oxygen atoms in total. The Labute approximate surface area is 107 Å². The third kappa shape index (κ3) is 1.64. The number of carbonyl (C=O) groups excluding carboxylic acids is 2. The summed E-state index contributed by atoms with van der Waals surface area (Å²) in [6.07, 6.45) is 3.55. The van der Waals surface area contributed by atoms with Crippen LogP contribution in [0.4, 0.5) is 5.82 Å². The molecule has 3 rings (SSSR count). The van der Waals surface area contributed by atoms with Gasteiger partial charge in [-0.2, -0.15) is 0 Å². The number of hydrogen-bond donors (Lipinski definition) is 1. The average Bonchev–Trinajstić information content (AvgIpc) is 2.92. The fraction of sp³-hybridized carbons (Fsp3) is 0.500. The van der Waals surface area contributed by atoms with Gasteiger partial charge in [-0.15, -0.1) is 11.3 Å². The molecule has 0 bridgehead atoms. The molecule has 1 unspecified atom stereocenters. The second-order valence-electron chi connectivity index (χ2n) is 4.01. The maximum atomic E-state index is 12.3. The molecule has 7 heteroatoms. The monoisotopic (exact) mass is 269 g/mol. The minimum atomic E-state index is -0.304. The van der Waals surface area contributed by atoms with Crippen molar-refractivity contribution in [2.45, 2.75) is 23.2 Å². The van der Waals surface area contributed by atoms with E-state index in [1.54, 1.807) is 4.90 Å². The van der Waals surface area contributed by atoms with Crippen molar-refractivity contribution in [3.63, 3.8) is 0 Å². The van der Waals surface area contributed by atoms with Gasteiger partial charge in [0.15, 0.2) is 10.2 Å². The molecule has 3 heterocycles. The highest BCUT2D eigenvalue weighted by Gasteiger charge is 2.40. The standard InChI is InChI=1S/C10H11N3O2S2/c1-16-10-12-7-6(17-10)9(15)13-4-2-3-5(13)8(14)11-7/h5H,2-4H2,1H3,(H,11,14). The Morgan fingerprint density at radius 1 is 1.53 bits per heavy atom. The van der Waals surface area contributed by atoms with Gasteiger partial charge < -0.3 is 10.2 Å². The Morgan fingerprint density at radius 2 is 2.35 bits per heavy atom. The molecule has 2 aliphatic rings. The van der Waals surface area contributed by atoms with E-state index in [0.717, 1.165) is 17.2 Å². The number of rotatable bonds is 1. The van der Waals surface area contributed by atoms with E-state index >= 15 is 0 Å². The molecule has 1 aromatic heterocycles. The number of hydrogen-bond acceptors (Lipinski definition) is 5. The number of fused-ring (bicyclic) bond motifs is 2. The van der Waals surface area contributed by atoms with E-state index in [0.29, 0.717) is 17.2 Å². The quantitative estimate of drug-likeness (QED) is 0.783. The number of nitrogens with zero attached hydrogens (tertiary/aromatic N) is 2. The number of aromatic nitrogens is 1. The van der Waals surface area contributed by atoms with Crippen LogP contribution in [0.5, 0.6) is 0 Å². The molecule has 1 saturated heterocycles. The van der Waals surface area contributed by atoms with Gasteiger partial charge in [0.05, 0.1) is 0 Å². The molecule has 0 saturated carbocycles. The van der Waals surface area contributed by atoms with Crippen molar-refractivity contribution in [2.75, 3.05) is 18.1 Å². The topological polar surface area (TPSA) is 62.3 Å². The summed E-state index contributed by atoms with van der Waals surface area (Å²) in [7, 11) is 0. The highest BCUT2D eigenvalue weighted by molar-refractivity contribution is 8.00. The van der Waals surface area contributed by atoms with Gasteiger partial charge in [0.25, 0.3) is 5.91 Å². The average molecular weight is 269 g/mol. The van der Waals surface area contributed by atoms with Crippen LogP contribution in [0.25, 0.3) is 0 Å². The Balaban J connectivity index is 2.06. The van der Waals surface area contributed by atoms with Crippen LogP contribution in [0.15, 0.2) is 4.34 Å². The summed E-state index contributed by atoms with van der Waals surface area (Å²) in [5.41, 5.74) is 0. The van der Waals surface area contributed by atoms with Crippen LogP contribution in [0, 0.1) is 0 Å². The molecule has 1 fully saturated rings. The van der Waals surface area contributed by atoms with Crippen LogP contribution in [0.3, 0.4) is 0 Å². The van der Waals surface area contributed by atoms with Crippen molar-refractivity contribution < 1.29 is 9.59 Å². The van der Waals surface area contributed by atoms with Crippen LogP contribution in [-0.2, 0) is 4.79 Å². The predicted octanol–water partition coefficient (Wildman–Crippen LogP) is 1.42. The van der Waals surface area contributed by atoms with Crippen molar-refractivity contribution in [3.05, 3.63) is 4.88 Å². The number of nitrogens with one attached hydrogen (secondary N) is 1. The first-order valence-corrected chi connectivity index (χ1v) is 7.41. The zero-order valence-electron chi connectivity index (χ0n) is 9.23. The van der Waals surface area contributed by atoms with Gasteiger partial charge >= 0.3 is 0 Å². The van der Waals surface area contributed by atoms with Crippen molar-refractivity contribution in [2.24, 2.45) is 0 Å². The SMILES string of the molecule is CSc1nc2c(s1)C(=O)N1CCCC1C(=O)N2. The highest BCUT2D eigenvalue weighted by atomic mass is 32.2. The van der Waals surface area contributed by atoms with E-state index < -0.39 is 0 Å². The molecule has 1 atom stereocenters. The van der Waals surface area contributed by atoms with Gasteiger partial charge in [0.2, 0.25) is 5.91 Å². The summed E-state index contributed by atoms with van der Waals surface area (Å²) in [5, 5.41) is 2.76. The molecular formula is C10H11N3O2S2. The van der Waals surface area contributed by atoms with Gasteiger partial charge in [0.1, 0.15) is 10.9 Å². The van der Waals surface area contributed by atoms with Crippen molar-refractivity contribution in [1.29, 1.82) is 0 Å². The summed E-state index contributed by atoms with van der Waals surface area (Å²) in [5.74, 6) is 0.273. The molecule has 1 N–H and O–H groups in total. The van der Waals surface area contributed by atoms with E-state index in [2.05, 4.69) is 10.3 Å². The third-order valence-electron chi connectivity index (χ3n) is 3.03. The minimum Gasteiger partial charge on any atom is -0.326 e. The lowest BCUT2D eigenvalue weighted by atomic mass is 10.2. The van der Waals surface area contributed by atoms with Crippen molar-refractivity contribution in [1.82, 2.24) is 9.88 Å². The number of amides is 2. The lowest BCUT2D eigenvalue weighted by molar-refractivity contribution is -0.119. The Morgan fingerprint density at radius 3 is 3.12 bits per heavy atom. The highest BCUT2D eigenvalue weighted by Crippen LogP contribution is 2.34. The summed E-state index contributed by atoms with van der Waals surface area (Å²) in [4.78, 5) is 30.7. The number of carbonyl (C=O) groups is 2. The predicted molar refractivity (Wildman–Crippen MR) is 66.6 cm³/mol. The van der Waals surface area contributed by atoms with Crippen LogP contribution in [0.2, 0.25) is 0 Å². The molecular weight excluding hydrogens is 258 g/mol. The third-order valence-corrected chi connectivity index (χ3v) is 5.06. The summed E-state index contributed by atoms with van der Waals surface area (Å²) in [6, 6.07) is -0.304. The fourth-order valence-electron chi connectivity index (χ4n) is 2.23. The first-order chi connectivity index (χ1) is 8.20. The Kier molecular flexibility index (Phi) is 2.59. The van der Waals surface area contributed by atoms with Gasteiger partial charge in [0, 0.05) is 6.54 Å². The van der Waals surface area contributed by atoms with Gasteiger partial charge in [-0.05, 0) is 19.1 Å². The van der Waals surface area contributed by atoms with E-state index in [-0.39, 0.29) is 17.9 Å². The van der Waals surface area contributed by atoms with Crippen molar-refractivity contribution >= 4 is 40.7 Å². The summed E-state index contributed by atoms with van der Waals surface area (Å²) < 4.78 is 0.807. The van der Waals surface area contributed by atoms with Crippen molar-refractivity contribution in [3.8, 4) is 0 Å². The van der Waals surface area contributed by atoms with Gasteiger partial charge in [-0.25, -0.2) is 4.98 Å². The van der Waals surface area contributed by atoms with E-state index in [4.69, 9.17) is 0 Å². The van der Waals surface area contributed by atoms with Gasteiger partial charge in [-0.3, -0.25) is 9.59 Å². The number of thioether (sulfide) groups is 1. The molecule has 2 amide bonds. The maximum Gasteiger partial charge on any atom is 0.268 e. The molecule has 0 spiro atoms. The zero-order valence-corrected chi connectivity index (χ0v) is 10.9. The number of thiazole rings is 1. The smallest absolute Gasteiger partial charge is 0.268 e. The lowest BCUT2D eigenvalue weighted by Crippen LogP contribution is -2.40. The van der Waals surface area contributed by atoms with E-state index in [9.17, 15) is 9.59 Å². The van der Waals surface area contributed by atoms with E-state index in [1.165, 1.54) is 23.1 Å². The molecule has 2 aliphatic heterocycles. The van der Waals surface area contributed by atoms with E-state index in [1.807, 2.05) is 6.26 Å². The Bertz CT molecular complexity index is 500. The molecule has 0 aromatic carbocycles. The van der Waals surface area contributed by atoms with Crippen LogP contribution in [-0.4, -0.2) is 40.5 Å². The van der Waals surface area contributed by atoms with Crippen LogP contribution in [0.1, 0.15) is 22.5 Å². The molecule has 90 valence electrons. The minimum absolute atomic E-state index is 0.0568. The first kappa shape index (κ1) is 11.0. The van der Waals surface area contributed by atoms with Crippen LogP contribution < -0.4 is 5.32 Å². The normalized spacial score (nSPS) is 23.1. The lowest BCUT2D eigenvalue weighted by Gasteiger charge is -2.19. The number of anilines is 1. The largest absolute Gasteiger partial charge is 0.326 e. The second-order valence-corrected chi connectivity index (χ2v) is 6.06.